The number of nitrogens with one attached hydrogen (secondary N) is 1. The van der Waals surface area contributed by atoms with Gasteiger partial charge in [0.25, 0.3) is 11.8 Å². The van der Waals surface area contributed by atoms with Crippen LogP contribution >= 0.6 is 23.8 Å². The molecule has 9 heteroatoms. The van der Waals surface area contributed by atoms with E-state index < -0.39 is 11.8 Å². The molecule has 0 aromatic heterocycles. The molecule has 156 valence electrons. The highest BCUT2D eigenvalue weighted by Crippen LogP contribution is 2.39. The maximum atomic E-state index is 13.2. The number of carbonyl (C=O) groups excluding carboxylic acids is 2. The number of benzene rings is 2. The Balaban J connectivity index is 2.10. The van der Waals surface area contributed by atoms with E-state index in [1.165, 1.54) is 32.3 Å². The first-order chi connectivity index (χ1) is 14.3. The summed E-state index contributed by atoms with van der Waals surface area (Å²) in [7, 11) is 4.45. The summed E-state index contributed by atoms with van der Waals surface area (Å²) in [6.07, 6.45) is 1.44. The van der Waals surface area contributed by atoms with E-state index >= 15 is 0 Å². The van der Waals surface area contributed by atoms with Gasteiger partial charge in [-0.1, -0.05) is 17.7 Å². The van der Waals surface area contributed by atoms with Crippen LogP contribution in [0.25, 0.3) is 6.08 Å². The largest absolute Gasteiger partial charge is 0.493 e. The minimum Gasteiger partial charge on any atom is -0.493 e. The van der Waals surface area contributed by atoms with Gasteiger partial charge in [-0.15, -0.1) is 0 Å². The highest BCUT2D eigenvalue weighted by molar-refractivity contribution is 7.80. The van der Waals surface area contributed by atoms with Crippen molar-refractivity contribution in [1.82, 2.24) is 5.32 Å². The third-order valence-corrected chi connectivity index (χ3v) is 5.27. The second-order valence-corrected chi connectivity index (χ2v) is 7.09. The fourth-order valence-electron chi connectivity index (χ4n) is 3.07. The molecule has 1 heterocycles. The van der Waals surface area contributed by atoms with Gasteiger partial charge < -0.3 is 14.2 Å². The Morgan fingerprint density at radius 1 is 1.07 bits per heavy atom. The van der Waals surface area contributed by atoms with Crippen molar-refractivity contribution >= 4 is 52.5 Å². The average molecular weight is 447 g/mol. The first-order valence-electron chi connectivity index (χ1n) is 8.79. The first kappa shape index (κ1) is 21.6. The van der Waals surface area contributed by atoms with Gasteiger partial charge >= 0.3 is 0 Å². The number of thiocarbonyl (C=S) groups is 1. The van der Waals surface area contributed by atoms with Crippen molar-refractivity contribution in [2.45, 2.75) is 6.92 Å². The van der Waals surface area contributed by atoms with Crippen molar-refractivity contribution in [3.05, 3.63) is 52.1 Å². The van der Waals surface area contributed by atoms with Gasteiger partial charge in [-0.25, -0.2) is 0 Å². The standard InChI is InChI=1S/C21H19ClN2O5S/c1-11-14(22)6-5-7-15(11)24-20(26)13(19(25)23-21(24)30)8-12-9-16(27-2)18(29-4)17(10-12)28-3/h5-10H,1-4H3,(H,23,25,30). The molecule has 0 radical (unpaired) electrons. The fraction of sp³-hybridized carbons (Fsp3) is 0.190. The highest BCUT2D eigenvalue weighted by Gasteiger charge is 2.35. The van der Waals surface area contributed by atoms with Gasteiger partial charge in [0.05, 0.1) is 27.0 Å². The number of methoxy groups -OCH3 is 3. The van der Waals surface area contributed by atoms with E-state index in [-0.39, 0.29) is 10.7 Å². The zero-order valence-electron chi connectivity index (χ0n) is 16.7. The summed E-state index contributed by atoms with van der Waals surface area (Å²) in [5.74, 6) is 0.0207. The number of hydrogen-bond acceptors (Lipinski definition) is 6. The summed E-state index contributed by atoms with van der Waals surface area (Å²) < 4.78 is 16.0. The highest BCUT2D eigenvalue weighted by atomic mass is 35.5. The van der Waals surface area contributed by atoms with Crippen LogP contribution in [0.3, 0.4) is 0 Å². The number of anilines is 1. The molecule has 2 aromatic carbocycles. The summed E-state index contributed by atoms with van der Waals surface area (Å²) in [5.41, 5.74) is 1.57. The van der Waals surface area contributed by atoms with Gasteiger partial charge in [-0.2, -0.15) is 0 Å². The molecule has 0 aliphatic carbocycles. The number of carbonyl (C=O) groups is 2. The zero-order valence-corrected chi connectivity index (χ0v) is 18.3. The maximum Gasteiger partial charge on any atom is 0.270 e. The van der Waals surface area contributed by atoms with Crippen LogP contribution in [0.2, 0.25) is 5.02 Å². The van der Waals surface area contributed by atoms with E-state index in [0.29, 0.717) is 39.1 Å². The minimum absolute atomic E-state index is 0.0163. The predicted octanol–water partition coefficient (Wildman–Crippen LogP) is 3.51. The van der Waals surface area contributed by atoms with Crippen molar-refractivity contribution in [2.75, 3.05) is 26.2 Å². The smallest absolute Gasteiger partial charge is 0.270 e. The number of amides is 2. The van der Waals surface area contributed by atoms with Gasteiger partial charge in [0.15, 0.2) is 16.6 Å². The van der Waals surface area contributed by atoms with Gasteiger partial charge in [0.1, 0.15) is 5.57 Å². The monoisotopic (exact) mass is 446 g/mol. The Morgan fingerprint density at radius 2 is 1.70 bits per heavy atom. The second-order valence-electron chi connectivity index (χ2n) is 6.30. The Morgan fingerprint density at radius 3 is 2.27 bits per heavy atom. The molecular weight excluding hydrogens is 428 g/mol. The molecule has 1 aliphatic rings. The van der Waals surface area contributed by atoms with Crippen LogP contribution in [0, 0.1) is 6.92 Å². The lowest BCUT2D eigenvalue weighted by atomic mass is 10.0. The van der Waals surface area contributed by atoms with Crippen LogP contribution in [-0.4, -0.2) is 38.3 Å². The molecular formula is C21H19ClN2O5S. The quantitative estimate of drug-likeness (QED) is 0.430. The number of halogens is 1. The SMILES string of the molecule is COc1cc(C=C2C(=O)NC(=S)N(c3cccc(Cl)c3C)C2=O)cc(OC)c1OC. The molecule has 0 spiro atoms. The molecule has 30 heavy (non-hydrogen) atoms. The molecule has 0 saturated carbocycles. The third-order valence-electron chi connectivity index (χ3n) is 4.58. The Bertz CT molecular complexity index is 1060. The van der Waals surface area contributed by atoms with Crippen molar-refractivity contribution in [1.29, 1.82) is 0 Å². The molecule has 1 N–H and O–H groups in total. The van der Waals surface area contributed by atoms with E-state index in [0.717, 1.165) is 0 Å². The molecule has 1 aliphatic heterocycles. The maximum absolute atomic E-state index is 13.2. The van der Waals surface area contributed by atoms with Crippen LogP contribution in [0.4, 0.5) is 5.69 Å². The normalized spacial score (nSPS) is 15.3. The Kier molecular flexibility index (Phi) is 6.28. The topological polar surface area (TPSA) is 77.1 Å². The molecule has 3 rings (SSSR count). The van der Waals surface area contributed by atoms with Gasteiger partial charge in [0, 0.05) is 5.02 Å². The summed E-state index contributed by atoms with van der Waals surface area (Å²) in [4.78, 5) is 27.0. The van der Waals surface area contributed by atoms with Crippen LogP contribution in [-0.2, 0) is 9.59 Å². The Labute approximate surface area is 184 Å². The van der Waals surface area contributed by atoms with Crippen LogP contribution in [0.5, 0.6) is 17.2 Å². The van der Waals surface area contributed by atoms with Gasteiger partial charge in [-0.3, -0.25) is 19.8 Å². The lowest BCUT2D eigenvalue weighted by molar-refractivity contribution is -0.122. The van der Waals surface area contributed by atoms with Gasteiger partial charge in [0.2, 0.25) is 5.75 Å². The molecule has 2 amide bonds. The number of nitrogens with zero attached hydrogens (tertiary/aromatic N) is 1. The van der Waals surface area contributed by atoms with Crippen LogP contribution < -0.4 is 24.4 Å². The summed E-state index contributed by atoms with van der Waals surface area (Å²) in [5, 5.41) is 3.02. The van der Waals surface area contributed by atoms with E-state index in [2.05, 4.69) is 5.32 Å². The number of hydrogen-bond donors (Lipinski definition) is 1. The predicted molar refractivity (Wildman–Crippen MR) is 118 cm³/mol. The van der Waals surface area contributed by atoms with E-state index in [1.54, 1.807) is 37.3 Å². The summed E-state index contributed by atoms with van der Waals surface area (Å²) in [6, 6.07) is 8.40. The minimum atomic E-state index is -0.602. The molecule has 0 atom stereocenters. The van der Waals surface area contributed by atoms with Gasteiger partial charge in [-0.05, 0) is 60.6 Å². The molecule has 1 fully saturated rings. The number of ether oxygens (including phenoxy) is 3. The summed E-state index contributed by atoms with van der Waals surface area (Å²) >= 11 is 11.4. The third kappa shape index (κ3) is 3.83. The van der Waals surface area contributed by atoms with Crippen molar-refractivity contribution < 1.29 is 23.8 Å². The average Bonchev–Trinajstić information content (AvgIpc) is 2.73. The van der Waals surface area contributed by atoms with E-state index in [1.807, 2.05) is 0 Å². The molecule has 7 nitrogen and oxygen atoms in total. The Hall–Kier alpha value is -3.10. The lowest BCUT2D eigenvalue weighted by Gasteiger charge is -2.30. The van der Waals surface area contributed by atoms with E-state index in [9.17, 15) is 9.59 Å². The molecule has 0 unspecified atom stereocenters. The van der Waals surface area contributed by atoms with Crippen LogP contribution in [0.1, 0.15) is 11.1 Å². The van der Waals surface area contributed by atoms with E-state index in [4.69, 9.17) is 38.0 Å². The van der Waals surface area contributed by atoms with Crippen LogP contribution in [0.15, 0.2) is 35.9 Å². The van der Waals surface area contributed by atoms with Crippen molar-refractivity contribution in [2.24, 2.45) is 0 Å². The first-order valence-corrected chi connectivity index (χ1v) is 9.57. The molecule has 1 saturated heterocycles. The number of rotatable bonds is 5. The molecule has 2 aromatic rings. The lowest BCUT2D eigenvalue weighted by Crippen LogP contribution is -2.54. The fourth-order valence-corrected chi connectivity index (χ4v) is 3.51. The second kappa shape index (κ2) is 8.73. The van der Waals surface area contributed by atoms with Crippen molar-refractivity contribution in [3.63, 3.8) is 0 Å². The molecule has 0 bridgehead atoms. The summed E-state index contributed by atoms with van der Waals surface area (Å²) in [6.45, 7) is 1.77. The zero-order chi connectivity index (χ0) is 22.0. The van der Waals surface area contributed by atoms with Crippen molar-refractivity contribution in [3.8, 4) is 17.2 Å².